The number of aliphatic carboxylic acids is 1. The second-order valence-corrected chi connectivity index (χ2v) is 2.86. The van der Waals surface area contributed by atoms with Gasteiger partial charge in [-0.2, -0.15) is 0 Å². The molecule has 66 valence electrons. The molecule has 0 aliphatic rings. The largest absolute Gasteiger partial charge is 0.479 e. The van der Waals surface area contributed by atoms with Crippen molar-refractivity contribution in [1.82, 2.24) is 0 Å². The molecule has 0 saturated carbocycles. The van der Waals surface area contributed by atoms with Crippen molar-refractivity contribution in [3.05, 3.63) is 0 Å². The van der Waals surface area contributed by atoms with Crippen LogP contribution in [0.15, 0.2) is 0 Å². The summed E-state index contributed by atoms with van der Waals surface area (Å²) in [6, 6.07) is 0. The van der Waals surface area contributed by atoms with Crippen molar-refractivity contribution in [3.8, 4) is 0 Å². The summed E-state index contributed by atoms with van der Waals surface area (Å²) in [6.07, 6.45) is -4.88. The van der Waals surface area contributed by atoms with Crippen molar-refractivity contribution < 1.29 is 23.8 Å². The molecular formula is C6H10F2O3. The summed E-state index contributed by atoms with van der Waals surface area (Å²) in [5.74, 6) is -1.63. The van der Waals surface area contributed by atoms with Crippen LogP contribution in [0, 0.1) is 5.41 Å². The molecule has 0 radical (unpaired) electrons. The van der Waals surface area contributed by atoms with E-state index in [1.165, 1.54) is 0 Å². The molecule has 0 aromatic heterocycles. The Morgan fingerprint density at radius 2 is 1.82 bits per heavy atom. The van der Waals surface area contributed by atoms with E-state index in [1.807, 2.05) is 0 Å². The molecule has 1 unspecified atom stereocenters. The van der Waals surface area contributed by atoms with Crippen LogP contribution >= 0.6 is 0 Å². The summed E-state index contributed by atoms with van der Waals surface area (Å²) in [5, 5.41) is 16.9. The van der Waals surface area contributed by atoms with Gasteiger partial charge in [-0.3, -0.25) is 0 Å². The number of halogens is 2. The summed E-state index contributed by atoms with van der Waals surface area (Å²) in [4.78, 5) is 10.1. The Kier molecular flexibility index (Phi) is 2.92. The smallest absolute Gasteiger partial charge is 0.333 e. The van der Waals surface area contributed by atoms with E-state index in [0.717, 1.165) is 13.8 Å². The summed E-state index contributed by atoms with van der Waals surface area (Å²) in [5.41, 5.74) is -1.90. The fourth-order valence-corrected chi connectivity index (χ4v) is 0.438. The van der Waals surface area contributed by atoms with Crippen molar-refractivity contribution in [2.75, 3.05) is 0 Å². The highest BCUT2D eigenvalue weighted by atomic mass is 19.3. The second-order valence-electron chi connectivity index (χ2n) is 2.86. The Morgan fingerprint density at radius 1 is 1.45 bits per heavy atom. The Labute approximate surface area is 62.6 Å². The molecule has 0 fully saturated rings. The molecule has 0 amide bonds. The van der Waals surface area contributed by atoms with Crippen LogP contribution in [0.25, 0.3) is 0 Å². The molecule has 0 saturated heterocycles. The summed E-state index contributed by atoms with van der Waals surface area (Å²) < 4.78 is 24.0. The third-order valence-corrected chi connectivity index (χ3v) is 1.50. The second kappa shape index (κ2) is 3.13. The van der Waals surface area contributed by atoms with Crippen LogP contribution in [0.5, 0.6) is 0 Å². The maximum absolute atomic E-state index is 12.0. The van der Waals surface area contributed by atoms with E-state index in [9.17, 15) is 13.6 Å². The van der Waals surface area contributed by atoms with Gasteiger partial charge >= 0.3 is 5.97 Å². The Hall–Kier alpha value is -0.710. The molecule has 0 aromatic carbocycles. The van der Waals surface area contributed by atoms with E-state index in [0.29, 0.717) is 0 Å². The van der Waals surface area contributed by atoms with Crippen LogP contribution in [0.1, 0.15) is 13.8 Å². The zero-order valence-electron chi connectivity index (χ0n) is 6.21. The average Bonchev–Trinajstić information content (AvgIpc) is 1.85. The van der Waals surface area contributed by atoms with Gasteiger partial charge in [0.1, 0.15) is 0 Å². The number of aliphatic hydroxyl groups is 1. The first-order chi connectivity index (χ1) is 4.80. The van der Waals surface area contributed by atoms with Crippen LogP contribution in [0.4, 0.5) is 8.78 Å². The summed E-state index contributed by atoms with van der Waals surface area (Å²) in [7, 11) is 0. The number of aliphatic hydroxyl groups excluding tert-OH is 1. The number of rotatable bonds is 3. The number of alkyl halides is 2. The predicted octanol–water partition coefficient (Wildman–Crippen LogP) is 0.723. The van der Waals surface area contributed by atoms with Gasteiger partial charge in [0.05, 0.1) is 5.41 Å². The van der Waals surface area contributed by atoms with Crippen molar-refractivity contribution in [3.63, 3.8) is 0 Å². The Morgan fingerprint density at radius 3 is 1.91 bits per heavy atom. The Balaban J connectivity index is 4.41. The highest BCUT2D eigenvalue weighted by Gasteiger charge is 2.41. The zero-order valence-corrected chi connectivity index (χ0v) is 6.21. The molecular weight excluding hydrogens is 158 g/mol. The fourth-order valence-electron chi connectivity index (χ4n) is 0.438. The highest BCUT2D eigenvalue weighted by Crippen LogP contribution is 2.28. The standard InChI is InChI=1S/C6H10F2O3/c1-6(2,5(7)8)3(9)4(10)11/h3,5,9H,1-2H3,(H,10,11). The fraction of sp³-hybridized carbons (Fsp3) is 0.833. The quantitative estimate of drug-likeness (QED) is 0.652. The maximum atomic E-state index is 12.0. The Bertz CT molecular complexity index is 156. The van der Waals surface area contributed by atoms with E-state index in [-0.39, 0.29) is 0 Å². The van der Waals surface area contributed by atoms with E-state index < -0.39 is 23.9 Å². The van der Waals surface area contributed by atoms with Gasteiger partial charge in [-0.25, -0.2) is 13.6 Å². The van der Waals surface area contributed by atoms with E-state index in [4.69, 9.17) is 10.2 Å². The third-order valence-electron chi connectivity index (χ3n) is 1.50. The minimum atomic E-state index is -2.85. The van der Waals surface area contributed by atoms with Crippen molar-refractivity contribution in [2.24, 2.45) is 5.41 Å². The summed E-state index contributed by atoms with van der Waals surface area (Å²) >= 11 is 0. The maximum Gasteiger partial charge on any atom is 0.333 e. The third kappa shape index (κ3) is 2.11. The lowest BCUT2D eigenvalue weighted by molar-refractivity contribution is -0.161. The molecule has 0 aliphatic carbocycles. The van der Waals surface area contributed by atoms with Gasteiger partial charge in [-0.15, -0.1) is 0 Å². The molecule has 0 aliphatic heterocycles. The SMILES string of the molecule is CC(C)(C(F)F)C(O)C(=O)O. The van der Waals surface area contributed by atoms with Crippen LogP contribution in [0.3, 0.4) is 0 Å². The number of carboxylic acid groups (broad SMARTS) is 1. The molecule has 5 heteroatoms. The lowest BCUT2D eigenvalue weighted by Gasteiger charge is -2.26. The van der Waals surface area contributed by atoms with Gasteiger partial charge in [-0.05, 0) is 0 Å². The van der Waals surface area contributed by atoms with Gasteiger partial charge in [0.25, 0.3) is 0 Å². The average molecular weight is 168 g/mol. The number of hydrogen-bond donors (Lipinski definition) is 2. The zero-order chi connectivity index (χ0) is 9.23. The molecule has 0 spiro atoms. The van der Waals surface area contributed by atoms with E-state index in [2.05, 4.69) is 0 Å². The number of hydrogen-bond acceptors (Lipinski definition) is 2. The summed E-state index contributed by atoms with van der Waals surface area (Å²) in [6.45, 7) is 1.99. The monoisotopic (exact) mass is 168 g/mol. The van der Waals surface area contributed by atoms with Crippen molar-refractivity contribution in [1.29, 1.82) is 0 Å². The molecule has 0 aromatic rings. The van der Waals surface area contributed by atoms with Crippen molar-refractivity contribution >= 4 is 5.97 Å². The first-order valence-electron chi connectivity index (χ1n) is 2.99. The lowest BCUT2D eigenvalue weighted by atomic mass is 9.87. The van der Waals surface area contributed by atoms with Crippen LogP contribution in [-0.4, -0.2) is 28.7 Å². The molecule has 0 rings (SSSR count). The first kappa shape index (κ1) is 10.3. The molecule has 2 N–H and O–H groups in total. The molecule has 0 heterocycles. The van der Waals surface area contributed by atoms with Gasteiger partial charge < -0.3 is 10.2 Å². The molecule has 11 heavy (non-hydrogen) atoms. The van der Waals surface area contributed by atoms with Gasteiger partial charge in [0.2, 0.25) is 6.43 Å². The van der Waals surface area contributed by atoms with Gasteiger partial charge in [0.15, 0.2) is 6.10 Å². The van der Waals surface area contributed by atoms with Crippen LogP contribution in [0.2, 0.25) is 0 Å². The number of carbonyl (C=O) groups is 1. The first-order valence-corrected chi connectivity index (χ1v) is 2.99. The lowest BCUT2D eigenvalue weighted by Crippen LogP contribution is -2.41. The van der Waals surface area contributed by atoms with Crippen LogP contribution in [-0.2, 0) is 4.79 Å². The van der Waals surface area contributed by atoms with Gasteiger partial charge in [0, 0.05) is 0 Å². The normalized spacial score (nSPS) is 15.1. The number of carboxylic acids is 1. The predicted molar refractivity (Wildman–Crippen MR) is 33.4 cm³/mol. The molecule has 0 bridgehead atoms. The van der Waals surface area contributed by atoms with E-state index >= 15 is 0 Å². The minimum absolute atomic E-state index is 0.996. The minimum Gasteiger partial charge on any atom is -0.479 e. The highest BCUT2D eigenvalue weighted by molar-refractivity contribution is 5.73. The molecule has 1 atom stereocenters. The van der Waals surface area contributed by atoms with E-state index in [1.54, 1.807) is 0 Å². The van der Waals surface area contributed by atoms with Crippen LogP contribution < -0.4 is 0 Å². The topological polar surface area (TPSA) is 57.5 Å². The van der Waals surface area contributed by atoms with Crippen molar-refractivity contribution in [2.45, 2.75) is 26.4 Å². The van der Waals surface area contributed by atoms with Gasteiger partial charge in [-0.1, -0.05) is 13.8 Å². The molecule has 3 nitrogen and oxygen atoms in total.